The van der Waals surface area contributed by atoms with E-state index in [0.29, 0.717) is 24.0 Å². The Bertz CT molecular complexity index is 804. The highest BCUT2D eigenvalue weighted by atomic mass is 79.9. The molecule has 2 aromatic carbocycles. The molecule has 1 aliphatic rings. The van der Waals surface area contributed by atoms with Gasteiger partial charge >= 0.3 is 0 Å². The lowest BCUT2D eigenvalue weighted by Gasteiger charge is -2.29. The molecule has 0 atom stereocenters. The molecular weight excluding hydrogens is 361 g/mol. The van der Waals surface area contributed by atoms with Gasteiger partial charge in [0, 0.05) is 22.1 Å². The van der Waals surface area contributed by atoms with Gasteiger partial charge in [0.25, 0.3) is 0 Å². The molecule has 1 heterocycles. The Kier molecular flexibility index (Phi) is 4.31. The van der Waals surface area contributed by atoms with Crippen molar-refractivity contribution in [2.45, 2.75) is 19.8 Å². The largest absolute Gasteiger partial charge is 0.304 e. The molecule has 3 nitrogen and oxygen atoms in total. The van der Waals surface area contributed by atoms with Gasteiger partial charge in [0.05, 0.1) is 6.54 Å². The topological polar surface area (TPSA) is 37.4 Å². The summed E-state index contributed by atoms with van der Waals surface area (Å²) in [6.45, 7) is 1.59. The fourth-order valence-corrected chi connectivity index (χ4v) is 3.16. The molecule has 0 spiro atoms. The summed E-state index contributed by atoms with van der Waals surface area (Å²) in [7, 11) is 0. The number of hydrogen-bond donors (Lipinski definition) is 0. The second-order valence-corrected chi connectivity index (χ2v) is 6.56. The number of nitrogens with zero attached hydrogens (tertiary/aromatic N) is 1. The van der Waals surface area contributed by atoms with Gasteiger partial charge in [-0.1, -0.05) is 15.9 Å². The summed E-state index contributed by atoms with van der Waals surface area (Å²) in [6.07, 6.45) is 1.06. The Morgan fingerprint density at radius 3 is 2.74 bits per heavy atom. The van der Waals surface area contributed by atoms with Gasteiger partial charge in [0.15, 0.2) is 5.78 Å². The van der Waals surface area contributed by atoms with Crippen molar-refractivity contribution in [2.75, 3.05) is 11.4 Å². The van der Waals surface area contributed by atoms with Crippen LogP contribution in [0.25, 0.3) is 0 Å². The number of rotatable bonds is 3. The van der Waals surface area contributed by atoms with E-state index in [1.165, 1.54) is 23.1 Å². The first-order valence-corrected chi connectivity index (χ1v) is 8.13. The third kappa shape index (κ3) is 3.20. The highest BCUT2D eigenvalue weighted by Crippen LogP contribution is 2.30. The van der Waals surface area contributed by atoms with Gasteiger partial charge in [0.2, 0.25) is 5.91 Å². The molecule has 0 saturated carbocycles. The SMILES string of the molecule is Cc1cc(C(=O)CN2C(=O)CCc3cc(Br)ccc32)ccc1F. The summed E-state index contributed by atoms with van der Waals surface area (Å²) < 4.78 is 14.3. The highest BCUT2D eigenvalue weighted by molar-refractivity contribution is 9.10. The van der Waals surface area contributed by atoms with Gasteiger partial charge in [-0.15, -0.1) is 0 Å². The summed E-state index contributed by atoms with van der Waals surface area (Å²) in [5.74, 6) is -0.602. The Balaban J connectivity index is 1.88. The van der Waals surface area contributed by atoms with Gasteiger partial charge in [0.1, 0.15) is 5.82 Å². The van der Waals surface area contributed by atoms with Crippen LogP contribution < -0.4 is 4.90 Å². The molecule has 0 bridgehead atoms. The second-order valence-electron chi connectivity index (χ2n) is 5.64. The van der Waals surface area contributed by atoms with Crippen molar-refractivity contribution in [3.05, 3.63) is 63.4 Å². The second kappa shape index (κ2) is 6.24. The Morgan fingerprint density at radius 2 is 2.00 bits per heavy atom. The number of halogens is 2. The number of benzene rings is 2. The third-order valence-corrected chi connectivity index (χ3v) is 4.52. The minimum absolute atomic E-state index is 0.0292. The van der Waals surface area contributed by atoms with Gasteiger partial charge < -0.3 is 4.90 Å². The van der Waals surface area contributed by atoms with Crippen molar-refractivity contribution < 1.29 is 14.0 Å². The zero-order valence-electron chi connectivity index (χ0n) is 12.6. The predicted octanol–water partition coefficient (Wildman–Crippen LogP) is 4.06. The Hall–Kier alpha value is -2.01. The molecule has 1 aliphatic heterocycles. The van der Waals surface area contributed by atoms with Crippen LogP contribution in [0.2, 0.25) is 0 Å². The molecule has 3 rings (SSSR count). The van der Waals surface area contributed by atoms with E-state index in [0.717, 1.165) is 15.7 Å². The monoisotopic (exact) mass is 375 g/mol. The number of Topliss-reactive ketones (excluding diaryl/α,β-unsaturated/α-hetero) is 1. The van der Waals surface area contributed by atoms with Crippen LogP contribution in [-0.2, 0) is 11.2 Å². The van der Waals surface area contributed by atoms with Gasteiger partial charge in [-0.25, -0.2) is 4.39 Å². The smallest absolute Gasteiger partial charge is 0.227 e. The first-order valence-electron chi connectivity index (χ1n) is 7.34. The van der Waals surface area contributed by atoms with Crippen LogP contribution in [-0.4, -0.2) is 18.2 Å². The van der Waals surface area contributed by atoms with Crippen LogP contribution in [0.3, 0.4) is 0 Å². The lowest BCUT2D eigenvalue weighted by Crippen LogP contribution is -2.39. The molecule has 0 N–H and O–H groups in total. The maximum atomic E-state index is 13.3. The molecule has 0 aromatic heterocycles. The molecule has 0 radical (unpaired) electrons. The number of aryl methyl sites for hydroxylation is 2. The third-order valence-electron chi connectivity index (χ3n) is 4.02. The van der Waals surface area contributed by atoms with Gasteiger partial charge in [-0.3, -0.25) is 9.59 Å². The van der Waals surface area contributed by atoms with E-state index in [2.05, 4.69) is 15.9 Å². The number of amides is 1. The van der Waals surface area contributed by atoms with Crippen molar-refractivity contribution in [1.82, 2.24) is 0 Å². The van der Waals surface area contributed by atoms with Gasteiger partial charge in [-0.2, -0.15) is 0 Å². The van der Waals surface area contributed by atoms with E-state index < -0.39 is 0 Å². The lowest BCUT2D eigenvalue weighted by molar-refractivity contribution is -0.118. The number of ketones is 1. The van der Waals surface area contributed by atoms with Crippen LogP contribution in [0.1, 0.15) is 27.9 Å². The van der Waals surface area contributed by atoms with Gasteiger partial charge in [-0.05, 0) is 60.9 Å². The molecule has 2 aromatic rings. The quantitative estimate of drug-likeness (QED) is 0.758. The molecule has 0 fully saturated rings. The maximum Gasteiger partial charge on any atom is 0.227 e. The number of fused-ring (bicyclic) bond motifs is 1. The van der Waals surface area contributed by atoms with Crippen LogP contribution in [0.15, 0.2) is 40.9 Å². The van der Waals surface area contributed by atoms with Crippen molar-refractivity contribution in [3.8, 4) is 0 Å². The van der Waals surface area contributed by atoms with E-state index in [-0.39, 0.29) is 24.1 Å². The first kappa shape index (κ1) is 15.9. The molecule has 0 saturated heterocycles. The molecule has 0 unspecified atom stereocenters. The van der Waals surface area contributed by atoms with Crippen molar-refractivity contribution >= 4 is 33.3 Å². The van der Waals surface area contributed by atoms with E-state index in [4.69, 9.17) is 0 Å². The molecular formula is C18H15BrFNO2. The number of hydrogen-bond acceptors (Lipinski definition) is 2. The molecule has 0 aliphatic carbocycles. The Labute approximate surface area is 142 Å². The Morgan fingerprint density at radius 1 is 1.22 bits per heavy atom. The van der Waals surface area contributed by atoms with Crippen molar-refractivity contribution in [1.29, 1.82) is 0 Å². The van der Waals surface area contributed by atoms with E-state index in [1.807, 2.05) is 18.2 Å². The minimum atomic E-state index is -0.342. The van der Waals surface area contributed by atoms with Crippen molar-refractivity contribution in [3.63, 3.8) is 0 Å². The average molecular weight is 376 g/mol. The zero-order valence-corrected chi connectivity index (χ0v) is 14.2. The van der Waals surface area contributed by atoms with E-state index >= 15 is 0 Å². The predicted molar refractivity (Wildman–Crippen MR) is 90.3 cm³/mol. The summed E-state index contributed by atoms with van der Waals surface area (Å²) >= 11 is 3.42. The average Bonchev–Trinajstić information content (AvgIpc) is 2.52. The summed E-state index contributed by atoms with van der Waals surface area (Å²) in [4.78, 5) is 26.2. The number of carbonyl (C=O) groups is 2. The fraction of sp³-hybridized carbons (Fsp3) is 0.222. The normalized spacial score (nSPS) is 13.9. The molecule has 118 valence electrons. The fourth-order valence-electron chi connectivity index (χ4n) is 2.75. The standard InChI is InChI=1S/C18H15BrFNO2/c1-11-8-13(2-5-15(11)20)17(22)10-21-16-6-4-14(19)9-12(16)3-7-18(21)23/h2,4-6,8-9H,3,7,10H2,1H3. The van der Waals surface area contributed by atoms with Crippen LogP contribution in [0, 0.1) is 12.7 Å². The van der Waals surface area contributed by atoms with Crippen LogP contribution in [0.5, 0.6) is 0 Å². The highest BCUT2D eigenvalue weighted by Gasteiger charge is 2.26. The zero-order chi connectivity index (χ0) is 16.6. The number of carbonyl (C=O) groups excluding carboxylic acids is 2. The van der Waals surface area contributed by atoms with Crippen LogP contribution >= 0.6 is 15.9 Å². The van der Waals surface area contributed by atoms with Crippen LogP contribution in [0.4, 0.5) is 10.1 Å². The summed E-state index contributed by atoms with van der Waals surface area (Å²) in [5, 5.41) is 0. The summed E-state index contributed by atoms with van der Waals surface area (Å²) in [5.41, 5.74) is 2.66. The first-order chi connectivity index (χ1) is 11.0. The molecule has 1 amide bonds. The molecule has 5 heteroatoms. The van der Waals surface area contributed by atoms with E-state index in [9.17, 15) is 14.0 Å². The van der Waals surface area contributed by atoms with E-state index in [1.54, 1.807) is 6.92 Å². The maximum absolute atomic E-state index is 13.3. The minimum Gasteiger partial charge on any atom is -0.304 e. The summed E-state index contributed by atoms with van der Waals surface area (Å²) in [6, 6.07) is 9.94. The number of anilines is 1. The lowest BCUT2D eigenvalue weighted by atomic mass is 10.00. The van der Waals surface area contributed by atoms with Crippen molar-refractivity contribution in [2.24, 2.45) is 0 Å². The molecule has 23 heavy (non-hydrogen) atoms.